The van der Waals surface area contributed by atoms with Crippen molar-refractivity contribution in [2.45, 2.75) is 20.8 Å². The van der Waals surface area contributed by atoms with Gasteiger partial charge in [-0.3, -0.25) is 0 Å². The first-order valence-corrected chi connectivity index (χ1v) is 6.78. The first-order valence-electron chi connectivity index (χ1n) is 4.81. The van der Waals surface area contributed by atoms with Crippen LogP contribution in [0.5, 0.6) is 0 Å². The van der Waals surface area contributed by atoms with Crippen LogP contribution in [0.1, 0.15) is 26.3 Å². The van der Waals surface area contributed by atoms with Crippen LogP contribution < -0.4 is 5.30 Å². The summed E-state index contributed by atoms with van der Waals surface area (Å²) >= 11 is 0. The molecule has 74 valence electrons. The van der Waals surface area contributed by atoms with E-state index in [0.29, 0.717) is 0 Å². The maximum absolute atomic E-state index is 4.07. The summed E-state index contributed by atoms with van der Waals surface area (Å²) < 4.78 is 0. The van der Waals surface area contributed by atoms with Gasteiger partial charge in [0.2, 0.25) is 0 Å². The van der Waals surface area contributed by atoms with Crippen molar-refractivity contribution in [2.24, 2.45) is 0 Å². The summed E-state index contributed by atoms with van der Waals surface area (Å²) in [6, 6.07) is 8.78. The Morgan fingerprint density at radius 2 is 1.57 bits per heavy atom. The van der Waals surface area contributed by atoms with E-state index in [0.717, 1.165) is 0 Å². The van der Waals surface area contributed by atoms with Gasteiger partial charge in [-0.05, 0) is 44.0 Å². The van der Waals surface area contributed by atoms with Crippen LogP contribution in [0.4, 0.5) is 0 Å². The Kier molecular flexibility index (Phi) is 3.66. The SMILES string of the molecule is C=[P+](C)c1ccc(C(C)=C(C)C)cc1. The highest BCUT2D eigenvalue weighted by molar-refractivity contribution is 7.62. The second kappa shape index (κ2) is 4.57. The monoisotopic (exact) mass is 205 g/mol. The summed E-state index contributed by atoms with van der Waals surface area (Å²) in [5.41, 5.74) is 4.08. The third kappa shape index (κ3) is 2.56. The molecule has 0 heterocycles. The van der Waals surface area contributed by atoms with E-state index in [4.69, 9.17) is 0 Å². The molecular formula is C13H18P+. The average Bonchev–Trinajstić information content (AvgIpc) is 2.16. The molecule has 0 aliphatic rings. The van der Waals surface area contributed by atoms with Crippen molar-refractivity contribution in [3.8, 4) is 0 Å². The molecule has 1 atom stereocenters. The normalized spacial score (nSPS) is 11.0. The van der Waals surface area contributed by atoms with Crippen molar-refractivity contribution < 1.29 is 0 Å². The molecular weight excluding hydrogens is 187 g/mol. The number of allylic oxidation sites excluding steroid dienone is 2. The fourth-order valence-electron chi connectivity index (χ4n) is 1.25. The van der Waals surface area contributed by atoms with E-state index in [1.165, 1.54) is 22.0 Å². The predicted octanol–water partition coefficient (Wildman–Crippen LogP) is 3.67. The van der Waals surface area contributed by atoms with Crippen molar-refractivity contribution >= 4 is 24.7 Å². The van der Waals surface area contributed by atoms with Gasteiger partial charge in [-0.2, -0.15) is 0 Å². The molecule has 0 nitrogen and oxygen atoms in total. The zero-order chi connectivity index (χ0) is 10.7. The topological polar surface area (TPSA) is 0 Å². The van der Waals surface area contributed by atoms with Gasteiger partial charge in [-0.25, -0.2) is 0 Å². The highest BCUT2D eigenvalue weighted by Crippen LogP contribution is 2.19. The lowest BCUT2D eigenvalue weighted by molar-refractivity contribution is 1.37. The molecule has 0 saturated heterocycles. The molecule has 0 spiro atoms. The Hall–Kier alpha value is -0.870. The Morgan fingerprint density at radius 1 is 1.07 bits per heavy atom. The van der Waals surface area contributed by atoms with Gasteiger partial charge >= 0.3 is 0 Å². The second-order valence-electron chi connectivity index (χ2n) is 3.87. The number of hydrogen-bond donors (Lipinski definition) is 0. The molecule has 1 aromatic carbocycles. The Labute approximate surface area is 88.1 Å². The summed E-state index contributed by atoms with van der Waals surface area (Å²) in [6.07, 6.45) is 4.07. The second-order valence-corrected chi connectivity index (χ2v) is 5.78. The van der Waals surface area contributed by atoms with Crippen molar-refractivity contribution in [3.05, 3.63) is 35.4 Å². The molecule has 0 fully saturated rings. The standard InChI is InChI=1S/C13H18P/c1-10(2)11(3)12-6-8-13(9-7-12)14(4)5/h6-9H,4H2,1-3,5H3/q+1. The molecule has 14 heavy (non-hydrogen) atoms. The lowest BCUT2D eigenvalue weighted by Gasteiger charge is -2.03. The van der Waals surface area contributed by atoms with Gasteiger partial charge in [0, 0.05) is 0 Å². The number of benzene rings is 1. The van der Waals surface area contributed by atoms with E-state index in [1.807, 2.05) is 0 Å². The van der Waals surface area contributed by atoms with Crippen molar-refractivity contribution in [3.63, 3.8) is 0 Å². The first kappa shape index (κ1) is 11.2. The van der Waals surface area contributed by atoms with Crippen LogP contribution in [0.15, 0.2) is 29.8 Å². The number of rotatable bonds is 2. The minimum Gasteiger partial charge on any atom is -0.0729 e. The first-order chi connectivity index (χ1) is 6.52. The van der Waals surface area contributed by atoms with Crippen LogP contribution in [0.2, 0.25) is 0 Å². The van der Waals surface area contributed by atoms with E-state index >= 15 is 0 Å². The highest BCUT2D eigenvalue weighted by Gasteiger charge is 2.04. The summed E-state index contributed by atoms with van der Waals surface area (Å²) in [5.74, 6) is 0. The molecule has 1 aromatic rings. The fraction of sp³-hybridized carbons (Fsp3) is 0.308. The van der Waals surface area contributed by atoms with Crippen LogP contribution >= 0.6 is 7.55 Å². The summed E-state index contributed by atoms with van der Waals surface area (Å²) in [4.78, 5) is 0. The quantitative estimate of drug-likeness (QED) is 0.646. The van der Waals surface area contributed by atoms with Gasteiger partial charge in [0.1, 0.15) is 19.5 Å². The van der Waals surface area contributed by atoms with E-state index in [2.05, 4.69) is 58.0 Å². The molecule has 0 aliphatic heterocycles. The van der Waals surface area contributed by atoms with Gasteiger partial charge < -0.3 is 0 Å². The van der Waals surface area contributed by atoms with Crippen LogP contribution in [0.3, 0.4) is 0 Å². The molecule has 0 radical (unpaired) electrons. The molecule has 0 aromatic heterocycles. The van der Waals surface area contributed by atoms with Gasteiger partial charge in [-0.1, -0.05) is 17.7 Å². The smallest absolute Gasteiger partial charge is 0.0729 e. The molecule has 0 N–H and O–H groups in total. The van der Waals surface area contributed by atoms with Crippen molar-refractivity contribution in [2.75, 3.05) is 6.66 Å². The minimum atomic E-state index is -0.209. The summed E-state index contributed by atoms with van der Waals surface area (Å²) in [6.45, 7) is 8.65. The fourth-order valence-corrected chi connectivity index (χ4v) is 1.91. The Balaban J connectivity index is 3.06. The third-order valence-corrected chi connectivity index (χ3v) is 3.67. The van der Waals surface area contributed by atoms with Gasteiger partial charge in [0.05, 0.1) is 6.30 Å². The zero-order valence-corrected chi connectivity index (χ0v) is 10.4. The van der Waals surface area contributed by atoms with Crippen LogP contribution in [0, 0.1) is 0 Å². The maximum atomic E-state index is 4.07. The molecule has 1 heteroatoms. The van der Waals surface area contributed by atoms with Crippen LogP contribution in [-0.2, 0) is 0 Å². The van der Waals surface area contributed by atoms with Crippen molar-refractivity contribution in [1.82, 2.24) is 0 Å². The van der Waals surface area contributed by atoms with E-state index in [-0.39, 0.29) is 7.55 Å². The predicted molar refractivity (Wildman–Crippen MR) is 70.0 cm³/mol. The molecule has 1 rings (SSSR count). The molecule has 1 unspecified atom stereocenters. The Morgan fingerprint density at radius 3 is 1.93 bits per heavy atom. The van der Waals surface area contributed by atoms with Crippen LogP contribution in [0.25, 0.3) is 5.57 Å². The van der Waals surface area contributed by atoms with Gasteiger partial charge in [-0.15, -0.1) is 0 Å². The van der Waals surface area contributed by atoms with Crippen LogP contribution in [-0.4, -0.2) is 13.0 Å². The Bertz CT molecular complexity index is 365. The largest absolute Gasteiger partial charge is 0.147 e. The summed E-state index contributed by atoms with van der Waals surface area (Å²) in [7, 11) is -0.209. The number of hydrogen-bond acceptors (Lipinski definition) is 0. The van der Waals surface area contributed by atoms with Gasteiger partial charge in [0.25, 0.3) is 0 Å². The zero-order valence-electron chi connectivity index (χ0n) is 9.46. The lowest BCUT2D eigenvalue weighted by Crippen LogP contribution is -1.95. The van der Waals surface area contributed by atoms with Gasteiger partial charge in [0.15, 0.2) is 0 Å². The highest BCUT2D eigenvalue weighted by atomic mass is 31.1. The minimum absolute atomic E-state index is 0.209. The molecule has 0 saturated carbocycles. The average molecular weight is 205 g/mol. The van der Waals surface area contributed by atoms with E-state index in [9.17, 15) is 0 Å². The lowest BCUT2D eigenvalue weighted by atomic mass is 10.0. The van der Waals surface area contributed by atoms with E-state index < -0.39 is 0 Å². The third-order valence-electron chi connectivity index (χ3n) is 2.49. The molecule has 0 amide bonds. The summed E-state index contributed by atoms with van der Waals surface area (Å²) in [5, 5.41) is 1.37. The maximum Gasteiger partial charge on any atom is 0.147 e. The molecule has 0 bridgehead atoms. The van der Waals surface area contributed by atoms with E-state index in [1.54, 1.807) is 0 Å². The van der Waals surface area contributed by atoms with Crippen molar-refractivity contribution in [1.29, 1.82) is 0 Å². The molecule has 0 aliphatic carbocycles.